The molecular formula is C11H18N2O5S2. The molecule has 1 aromatic rings. The van der Waals surface area contributed by atoms with Crippen molar-refractivity contribution in [3.8, 4) is 0 Å². The van der Waals surface area contributed by atoms with Crippen molar-refractivity contribution in [3.05, 3.63) is 17.9 Å². The Morgan fingerprint density at radius 3 is 2.55 bits per heavy atom. The zero-order valence-corrected chi connectivity index (χ0v) is 13.0. The fourth-order valence-electron chi connectivity index (χ4n) is 2.17. The molecule has 1 aliphatic rings. The average Bonchev–Trinajstić information content (AvgIpc) is 2.75. The summed E-state index contributed by atoms with van der Waals surface area (Å²) in [6.45, 7) is 2.24. The van der Waals surface area contributed by atoms with Gasteiger partial charge in [0, 0.05) is 19.1 Å². The van der Waals surface area contributed by atoms with Gasteiger partial charge in [-0.15, -0.1) is 0 Å². The number of piperidine rings is 1. The van der Waals surface area contributed by atoms with Gasteiger partial charge in [0.2, 0.25) is 15.1 Å². The van der Waals surface area contributed by atoms with E-state index in [-0.39, 0.29) is 11.6 Å². The minimum atomic E-state index is -3.75. The van der Waals surface area contributed by atoms with Gasteiger partial charge in [0.25, 0.3) is 10.0 Å². The van der Waals surface area contributed by atoms with Crippen molar-refractivity contribution in [2.75, 3.05) is 19.3 Å². The van der Waals surface area contributed by atoms with Crippen LogP contribution in [0.1, 0.15) is 18.6 Å². The maximum Gasteiger partial charge on any atom is 0.274 e. The second kappa shape index (κ2) is 5.47. The van der Waals surface area contributed by atoms with Crippen molar-refractivity contribution in [1.29, 1.82) is 0 Å². The van der Waals surface area contributed by atoms with E-state index in [1.165, 1.54) is 10.4 Å². The van der Waals surface area contributed by atoms with Crippen LogP contribution in [0.3, 0.4) is 0 Å². The van der Waals surface area contributed by atoms with E-state index in [2.05, 4.69) is 4.72 Å². The lowest BCUT2D eigenvalue weighted by atomic mass is 10.1. The van der Waals surface area contributed by atoms with Crippen molar-refractivity contribution in [1.82, 2.24) is 9.03 Å². The first-order valence-corrected chi connectivity index (χ1v) is 9.55. The predicted molar refractivity (Wildman–Crippen MR) is 73.2 cm³/mol. The molecule has 1 N–H and O–H groups in total. The van der Waals surface area contributed by atoms with Crippen molar-refractivity contribution in [2.24, 2.45) is 0 Å². The monoisotopic (exact) mass is 322 g/mol. The van der Waals surface area contributed by atoms with Gasteiger partial charge in [0.1, 0.15) is 5.76 Å². The van der Waals surface area contributed by atoms with E-state index >= 15 is 0 Å². The zero-order valence-electron chi connectivity index (χ0n) is 11.4. The zero-order chi connectivity index (χ0) is 15.0. The molecule has 9 heteroatoms. The van der Waals surface area contributed by atoms with E-state index in [0.29, 0.717) is 25.1 Å². The summed E-state index contributed by atoms with van der Waals surface area (Å²) in [4.78, 5) is 0. The molecule has 0 radical (unpaired) electrons. The number of furan rings is 1. The molecule has 1 aromatic heterocycles. The van der Waals surface area contributed by atoms with Crippen LogP contribution in [0.25, 0.3) is 0 Å². The Bertz CT molecular complexity index is 677. The van der Waals surface area contributed by atoms with Crippen molar-refractivity contribution >= 4 is 20.0 Å². The molecule has 0 amide bonds. The second-order valence-electron chi connectivity index (χ2n) is 4.95. The third-order valence-electron chi connectivity index (χ3n) is 3.16. The smallest absolute Gasteiger partial charge is 0.274 e. The van der Waals surface area contributed by atoms with Crippen molar-refractivity contribution in [2.45, 2.75) is 30.9 Å². The molecule has 1 unspecified atom stereocenters. The molecule has 1 atom stereocenters. The molecule has 0 aromatic carbocycles. The third kappa shape index (κ3) is 3.60. The number of aryl methyl sites for hydroxylation is 1. The van der Waals surface area contributed by atoms with Crippen LogP contribution in [0.4, 0.5) is 0 Å². The molecule has 7 nitrogen and oxygen atoms in total. The molecule has 0 saturated carbocycles. The highest BCUT2D eigenvalue weighted by Gasteiger charge is 2.30. The second-order valence-corrected chi connectivity index (χ2v) is 8.57. The highest BCUT2D eigenvalue weighted by molar-refractivity contribution is 7.89. The van der Waals surface area contributed by atoms with Gasteiger partial charge in [-0.1, -0.05) is 0 Å². The maximum atomic E-state index is 12.1. The van der Waals surface area contributed by atoms with Crippen LogP contribution < -0.4 is 4.72 Å². The first-order valence-electron chi connectivity index (χ1n) is 6.22. The van der Waals surface area contributed by atoms with Crippen LogP contribution in [-0.2, 0) is 20.0 Å². The van der Waals surface area contributed by atoms with Crippen LogP contribution in [0.15, 0.2) is 21.6 Å². The van der Waals surface area contributed by atoms with Crippen LogP contribution in [0.5, 0.6) is 0 Å². The van der Waals surface area contributed by atoms with E-state index in [1.807, 2.05) is 0 Å². The summed E-state index contributed by atoms with van der Waals surface area (Å²) >= 11 is 0. The topological polar surface area (TPSA) is 96.7 Å². The van der Waals surface area contributed by atoms with Gasteiger partial charge >= 0.3 is 0 Å². The molecule has 2 heterocycles. The third-order valence-corrected chi connectivity index (χ3v) is 5.82. The standard InChI is InChI=1S/C11H18N2O5S2/c1-9-5-6-11(18-9)20(16,17)12-10-4-3-7-13(8-10)19(2,14)15/h5-6,10,12H,3-4,7-8H2,1-2H3. The number of hydrogen-bond donors (Lipinski definition) is 1. The Balaban J connectivity index is 2.10. The van der Waals surface area contributed by atoms with Crippen LogP contribution >= 0.6 is 0 Å². The number of rotatable bonds is 4. The molecule has 0 spiro atoms. The van der Waals surface area contributed by atoms with Crippen LogP contribution in [-0.4, -0.2) is 46.5 Å². The lowest BCUT2D eigenvalue weighted by Crippen LogP contribution is -2.49. The Kier molecular flexibility index (Phi) is 4.24. The van der Waals surface area contributed by atoms with E-state index in [9.17, 15) is 16.8 Å². The fraction of sp³-hybridized carbons (Fsp3) is 0.636. The SMILES string of the molecule is Cc1ccc(S(=O)(=O)NC2CCCN(S(C)(=O)=O)C2)o1. The van der Waals surface area contributed by atoms with Gasteiger partial charge in [-0.2, -0.15) is 0 Å². The summed E-state index contributed by atoms with van der Waals surface area (Å²) in [7, 11) is -7.05. The molecule has 0 bridgehead atoms. The average molecular weight is 322 g/mol. The number of nitrogens with zero attached hydrogens (tertiary/aromatic N) is 1. The van der Waals surface area contributed by atoms with E-state index in [1.54, 1.807) is 13.0 Å². The Hall–Kier alpha value is -0.900. The first-order chi connectivity index (χ1) is 9.18. The van der Waals surface area contributed by atoms with Gasteiger partial charge in [0.05, 0.1) is 6.26 Å². The number of sulfonamides is 2. The highest BCUT2D eigenvalue weighted by atomic mass is 32.2. The van der Waals surface area contributed by atoms with Crippen LogP contribution in [0, 0.1) is 6.92 Å². The van der Waals surface area contributed by atoms with Gasteiger partial charge in [-0.05, 0) is 31.9 Å². The molecule has 1 fully saturated rings. The van der Waals surface area contributed by atoms with Gasteiger partial charge in [-0.25, -0.2) is 25.9 Å². The van der Waals surface area contributed by atoms with Gasteiger partial charge in [-0.3, -0.25) is 0 Å². The molecule has 0 aliphatic carbocycles. The number of nitrogens with one attached hydrogen (secondary N) is 1. The largest absolute Gasteiger partial charge is 0.449 e. The summed E-state index contributed by atoms with van der Waals surface area (Å²) in [6, 6.07) is 2.52. The summed E-state index contributed by atoms with van der Waals surface area (Å²) in [5.41, 5.74) is 0. The molecule has 20 heavy (non-hydrogen) atoms. The normalized spacial score (nSPS) is 22.0. The fourth-order valence-corrected chi connectivity index (χ4v) is 4.32. The summed E-state index contributed by atoms with van der Waals surface area (Å²) in [5, 5.41) is -0.147. The Morgan fingerprint density at radius 2 is 2.00 bits per heavy atom. The summed E-state index contributed by atoms with van der Waals surface area (Å²) < 4.78 is 56.1. The highest BCUT2D eigenvalue weighted by Crippen LogP contribution is 2.17. The first kappa shape index (κ1) is 15.5. The molecule has 2 rings (SSSR count). The Labute approximate surface area is 119 Å². The van der Waals surface area contributed by atoms with Gasteiger partial charge in [0.15, 0.2) is 0 Å². The lowest BCUT2D eigenvalue weighted by Gasteiger charge is -2.30. The molecule has 114 valence electrons. The molecule has 1 saturated heterocycles. The minimum Gasteiger partial charge on any atom is -0.449 e. The predicted octanol–water partition coefficient (Wildman–Crippen LogP) is 0.290. The van der Waals surface area contributed by atoms with E-state index in [0.717, 1.165) is 6.26 Å². The molecular weight excluding hydrogens is 304 g/mol. The van der Waals surface area contributed by atoms with Crippen molar-refractivity contribution in [3.63, 3.8) is 0 Å². The van der Waals surface area contributed by atoms with E-state index in [4.69, 9.17) is 4.42 Å². The van der Waals surface area contributed by atoms with Gasteiger partial charge < -0.3 is 4.42 Å². The quantitative estimate of drug-likeness (QED) is 0.859. The van der Waals surface area contributed by atoms with Crippen LogP contribution in [0.2, 0.25) is 0 Å². The summed E-state index contributed by atoms with van der Waals surface area (Å²) in [6.07, 6.45) is 2.35. The van der Waals surface area contributed by atoms with Crippen molar-refractivity contribution < 1.29 is 21.3 Å². The number of hydrogen-bond acceptors (Lipinski definition) is 5. The van der Waals surface area contributed by atoms with E-state index < -0.39 is 26.1 Å². The molecule has 1 aliphatic heterocycles. The minimum absolute atomic E-state index is 0.147. The lowest BCUT2D eigenvalue weighted by molar-refractivity contribution is 0.303. The maximum absolute atomic E-state index is 12.1. The summed E-state index contributed by atoms with van der Waals surface area (Å²) in [5.74, 6) is 0.506. The Morgan fingerprint density at radius 1 is 1.30 bits per heavy atom.